The van der Waals surface area contributed by atoms with Gasteiger partial charge in [-0.1, -0.05) is 0 Å². The summed E-state index contributed by atoms with van der Waals surface area (Å²) in [5, 5.41) is 134. The van der Waals surface area contributed by atoms with E-state index in [4.69, 9.17) is 33.9 Å². The predicted octanol–water partition coefficient (Wildman–Crippen LogP) is -9.52. The number of aliphatic hydroxyl groups is 14. The summed E-state index contributed by atoms with van der Waals surface area (Å²) in [5.41, 5.74) is 0. The van der Waals surface area contributed by atoms with Gasteiger partial charge in [0.2, 0.25) is 0 Å². The van der Waals surface area contributed by atoms with Gasteiger partial charge in [-0.15, -0.1) is 0 Å². The highest BCUT2D eigenvalue weighted by molar-refractivity contribution is 4.92. The molecule has 20 nitrogen and oxygen atoms in total. The monoisotopic (exact) mass is 624 g/mol. The van der Waals surface area contributed by atoms with Gasteiger partial charge < -0.3 is 99.9 Å². The van der Waals surface area contributed by atoms with E-state index in [1.807, 2.05) is 0 Å². The summed E-state index contributed by atoms with van der Waals surface area (Å²) in [4.78, 5) is 0. The van der Waals surface area contributed by atoms with E-state index < -0.39 is 124 Å². The summed E-state index contributed by atoms with van der Waals surface area (Å²) in [6.07, 6.45) is -26.7. The molecular formula is C22H40O20. The van der Waals surface area contributed by atoms with Crippen LogP contribution in [0.5, 0.6) is 0 Å². The van der Waals surface area contributed by atoms with Gasteiger partial charge >= 0.3 is 0 Å². The maximum absolute atomic E-state index is 9.79. The van der Waals surface area contributed by atoms with E-state index in [0.717, 1.165) is 0 Å². The SMILES string of the molecule is OCC1OC(OC2C(O)COC(O)C2O)C(O)C(O)C1O.OCC1OC(OC2C(O)OCC(O)C2O)C(O)C(O)C1O. The topological polar surface area (TPSA) is 339 Å². The van der Waals surface area contributed by atoms with Gasteiger partial charge in [0.15, 0.2) is 25.2 Å². The van der Waals surface area contributed by atoms with Crippen LogP contribution in [-0.2, 0) is 28.4 Å². The lowest BCUT2D eigenvalue weighted by Gasteiger charge is -2.43. The molecule has 0 bridgehead atoms. The summed E-state index contributed by atoms with van der Waals surface area (Å²) in [6.45, 7) is -1.87. The van der Waals surface area contributed by atoms with Gasteiger partial charge in [-0.05, 0) is 0 Å². The second kappa shape index (κ2) is 15.5. The molecule has 248 valence electrons. The summed E-state index contributed by atoms with van der Waals surface area (Å²) >= 11 is 0. The molecule has 18 unspecified atom stereocenters. The molecule has 4 rings (SSSR count). The molecule has 4 aliphatic heterocycles. The van der Waals surface area contributed by atoms with Crippen molar-refractivity contribution in [2.75, 3.05) is 26.4 Å². The number of aliphatic hydroxyl groups excluding tert-OH is 14. The van der Waals surface area contributed by atoms with Crippen LogP contribution in [0.2, 0.25) is 0 Å². The zero-order valence-corrected chi connectivity index (χ0v) is 21.9. The third kappa shape index (κ3) is 7.88. The molecule has 4 aliphatic rings. The molecular weight excluding hydrogens is 584 g/mol. The number of ether oxygens (including phenoxy) is 6. The fraction of sp³-hybridized carbons (Fsp3) is 1.00. The first kappa shape index (κ1) is 35.7. The Morgan fingerprint density at radius 1 is 0.452 bits per heavy atom. The molecule has 14 N–H and O–H groups in total. The third-order valence-corrected chi connectivity index (χ3v) is 7.17. The number of rotatable bonds is 6. The molecule has 0 amide bonds. The highest BCUT2D eigenvalue weighted by Gasteiger charge is 2.49. The van der Waals surface area contributed by atoms with Crippen LogP contribution >= 0.6 is 0 Å². The van der Waals surface area contributed by atoms with Crippen LogP contribution in [0.15, 0.2) is 0 Å². The Morgan fingerprint density at radius 2 is 0.881 bits per heavy atom. The molecule has 0 aromatic rings. The van der Waals surface area contributed by atoms with Crippen molar-refractivity contribution in [3.63, 3.8) is 0 Å². The van der Waals surface area contributed by atoms with Crippen molar-refractivity contribution in [2.45, 2.75) is 111 Å². The van der Waals surface area contributed by atoms with E-state index in [1.165, 1.54) is 0 Å². The zero-order chi connectivity index (χ0) is 31.5. The molecule has 4 heterocycles. The maximum Gasteiger partial charge on any atom is 0.187 e. The lowest BCUT2D eigenvalue weighted by molar-refractivity contribution is -0.352. The normalized spacial score (nSPS) is 51.9. The van der Waals surface area contributed by atoms with Gasteiger partial charge in [-0.3, -0.25) is 0 Å². The Labute approximate surface area is 237 Å². The molecule has 0 radical (unpaired) electrons. The van der Waals surface area contributed by atoms with Crippen molar-refractivity contribution in [1.29, 1.82) is 0 Å². The van der Waals surface area contributed by atoms with Crippen molar-refractivity contribution < 1.29 is 99.9 Å². The maximum atomic E-state index is 9.79. The van der Waals surface area contributed by atoms with Gasteiger partial charge in [0.1, 0.15) is 85.5 Å². The highest BCUT2D eigenvalue weighted by Crippen LogP contribution is 2.28. The van der Waals surface area contributed by atoms with Crippen LogP contribution in [0.3, 0.4) is 0 Å². The Hall–Kier alpha value is -0.800. The first-order chi connectivity index (χ1) is 19.7. The summed E-state index contributed by atoms with van der Waals surface area (Å²) in [5.74, 6) is 0. The van der Waals surface area contributed by atoms with E-state index >= 15 is 0 Å². The average Bonchev–Trinajstić information content (AvgIpc) is 2.97. The second-order valence-corrected chi connectivity index (χ2v) is 10.2. The minimum atomic E-state index is -1.68. The fourth-order valence-electron chi connectivity index (χ4n) is 4.55. The van der Waals surface area contributed by atoms with E-state index in [0.29, 0.717) is 0 Å². The standard InChI is InChI=1S/2C11H20O10/c12-1-4-5(14)6(15)7(16)11(20-4)21-9-3(13)2-19-10(18)8(9)17;12-1-4-6(15)7(16)8(17)11(20-4)21-9-5(14)3(13)2-19-10(9)18/h2*3-18H,1-2H2. The first-order valence-electron chi connectivity index (χ1n) is 13.0. The van der Waals surface area contributed by atoms with Crippen LogP contribution in [0.4, 0.5) is 0 Å². The quantitative estimate of drug-likeness (QED) is 0.130. The fourth-order valence-corrected chi connectivity index (χ4v) is 4.55. The van der Waals surface area contributed by atoms with Gasteiger partial charge in [-0.2, -0.15) is 0 Å². The average molecular weight is 625 g/mol. The molecule has 0 aliphatic carbocycles. The number of hydrogen-bond donors (Lipinski definition) is 14. The van der Waals surface area contributed by atoms with Gasteiger partial charge in [0, 0.05) is 0 Å². The molecule has 0 spiro atoms. The minimum absolute atomic E-state index is 0.295. The van der Waals surface area contributed by atoms with Crippen LogP contribution < -0.4 is 0 Å². The van der Waals surface area contributed by atoms with Gasteiger partial charge in [0.25, 0.3) is 0 Å². The summed E-state index contributed by atoms with van der Waals surface area (Å²) in [6, 6.07) is 0. The molecule has 42 heavy (non-hydrogen) atoms. The van der Waals surface area contributed by atoms with E-state index in [1.54, 1.807) is 0 Å². The van der Waals surface area contributed by atoms with E-state index in [9.17, 15) is 61.3 Å². The van der Waals surface area contributed by atoms with Crippen molar-refractivity contribution in [3.8, 4) is 0 Å². The Kier molecular flexibility index (Phi) is 13.1. The molecule has 4 saturated heterocycles. The third-order valence-electron chi connectivity index (χ3n) is 7.17. The Bertz CT molecular complexity index is 742. The first-order valence-corrected chi connectivity index (χ1v) is 13.0. The predicted molar refractivity (Wildman–Crippen MR) is 125 cm³/mol. The van der Waals surface area contributed by atoms with E-state index in [-0.39, 0.29) is 13.2 Å². The largest absolute Gasteiger partial charge is 0.394 e. The smallest absolute Gasteiger partial charge is 0.187 e. The van der Waals surface area contributed by atoms with Crippen molar-refractivity contribution >= 4 is 0 Å². The van der Waals surface area contributed by atoms with Crippen LogP contribution in [0, 0.1) is 0 Å². The van der Waals surface area contributed by atoms with Crippen molar-refractivity contribution in [2.24, 2.45) is 0 Å². The number of hydrogen-bond acceptors (Lipinski definition) is 20. The van der Waals surface area contributed by atoms with Crippen molar-refractivity contribution in [1.82, 2.24) is 0 Å². The molecule has 0 aromatic carbocycles. The molecule has 18 atom stereocenters. The summed E-state index contributed by atoms with van der Waals surface area (Å²) < 4.78 is 30.0. The second-order valence-electron chi connectivity index (χ2n) is 10.2. The van der Waals surface area contributed by atoms with Crippen LogP contribution in [0.1, 0.15) is 0 Å². The minimum Gasteiger partial charge on any atom is -0.394 e. The summed E-state index contributed by atoms with van der Waals surface area (Å²) in [7, 11) is 0. The van der Waals surface area contributed by atoms with Crippen LogP contribution in [0.25, 0.3) is 0 Å². The highest BCUT2D eigenvalue weighted by atomic mass is 16.7. The van der Waals surface area contributed by atoms with Crippen molar-refractivity contribution in [3.05, 3.63) is 0 Å². The Balaban J connectivity index is 0.000000230. The lowest BCUT2D eigenvalue weighted by Crippen LogP contribution is -2.62. The van der Waals surface area contributed by atoms with Gasteiger partial charge in [-0.25, -0.2) is 0 Å². The van der Waals surface area contributed by atoms with E-state index in [2.05, 4.69) is 4.74 Å². The molecule has 4 fully saturated rings. The Morgan fingerprint density at radius 3 is 1.36 bits per heavy atom. The lowest BCUT2D eigenvalue weighted by atomic mass is 9.98. The molecule has 0 saturated carbocycles. The molecule has 20 heteroatoms. The zero-order valence-electron chi connectivity index (χ0n) is 21.9. The van der Waals surface area contributed by atoms with Gasteiger partial charge in [0.05, 0.1) is 26.4 Å². The molecule has 0 aromatic heterocycles. The van der Waals surface area contributed by atoms with Crippen LogP contribution in [-0.4, -0.2) is 209 Å².